The van der Waals surface area contributed by atoms with E-state index in [-0.39, 0.29) is 22.8 Å². The highest BCUT2D eigenvalue weighted by molar-refractivity contribution is 9.09. The number of carbonyl (C=O) groups excluding carboxylic acids is 1. The largest absolute Gasteiger partial charge is 0.460 e. The fourth-order valence-corrected chi connectivity index (χ4v) is 2.09. The molecule has 0 spiro atoms. The van der Waals surface area contributed by atoms with Gasteiger partial charge in [-0.1, -0.05) is 28.1 Å². The number of hydrogen-bond donors (Lipinski definition) is 0. The number of ether oxygens (including phenoxy) is 1. The van der Waals surface area contributed by atoms with E-state index < -0.39 is 0 Å². The normalized spacial score (nSPS) is 43.7. The summed E-state index contributed by atoms with van der Waals surface area (Å²) in [5.41, 5.74) is 0. The Hall–Kier alpha value is -0.310. The molecule has 1 aliphatic carbocycles. The Bertz CT molecular complexity index is 200. The molecule has 0 radical (unpaired) electrons. The molecule has 2 bridgehead atoms. The van der Waals surface area contributed by atoms with Gasteiger partial charge in [-0.3, -0.25) is 4.79 Å². The van der Waals surface area contributed by atoms with E-state index in [1.54, 1.807) is 0 Å². The highest BCUT2D eigenvalue weighted by Crippen LogP contribution is 2.34. The Morgan fingerprint density at radius 3 is 3.10 bits per heavy atom. The van der Waals surface area contributed by atoms with Crippen LogP contribution in [0.2, 0.25) is 0 Å². The van der Waals surface area contributed by atoms with Gasteiger partial charge in [0, 0.05) is 6.42 Å². The summed E-state index contributed by atoms with van der Waals surface area (Å²) in [6.45, 7) is 0. The van der Waals surface area contributed by atoms with Gasteiger partial charge in [-0.15, -0.1) is 0 Å². The smallest absolute Gasteiger partial charge is 0.314 e. The summed E-state index contributed by atoms with van der Waals surface area (Å²) in [5.74, 6) is -0.112. The summed E-state index contributed by atoms with van der Waals surface area (Å²) in [5, 5.41) is 0. The lowest BCUT2D eigenvalue weighted by Crippen LogP contribution is -2.21. The Morgan fingerprint density at radius 2 is 2.50 bits per heavy atom. The molecule has 3 heteroatoms. The minimum absolute atomic E-state index is 0.0289. The van der Waals surface area contributed by atoms with Crippen molar-refractivity contribution in [1.82, 2.24) is 0 Å². The third kappa shape index (κ3) is 0.732. The third-order valence-electron chi connectivity index (χ3n) is 1.95. The van der Waals surface area contributed by atoms with Crippen molar-refractivity contribution in [3.63, 3.8) is 0 Å². The van der Waals surface area contributed by atoms with E-state index in [4.69, 9.17) is 4.74 Å². The van der Waals surface area contributed by atoms with Crippen molar-refractivity contribution in [2.75, 3.05) is 0 Å². The van der Waals surface area contributed by atoms with Crippen molar-refractivity contribution in [1.29, 1.82) is 0 Å². The monoisotopic (exact) mass is 202 g/mol. The van der Waals surface area contributed by atoms with Gasteiger partial charge in [0.1, 0.15) is 6.10 Å². The number of halogens is 1. The molecule has 3 unspecified atom stereocenters. The molecular formula is C7H7BrO2. The maximum Gasteiger partial charge on any atom is 0.314 e. The first kappa shape index (κ1) is 6.40. The first-order valence-electron chi connectivity index (χ1n) is 3.30. The van der Waals surface area contributed by atoms with Gasteiger partial charge < -0.3 is 4.74 Å². The first-order valence-corrected chi connectivity index (χ1v) is 4.22. The number of esters is 1. The Balaban J connectivity index is 2.32. The van der Waals surface area contributed by atoms with Crippen LogP contribution in [-0.2, 0) is 9.53 Å². The number of alkyl halides is 1. The molecule has 1 fully saturated rings. The number of carbonyl (C=O) groups is 1. The SMILES string of the molecule is O=C1OC2CC=CC1C2Br. The van der Waals surface area contributed by atoms with Gasteiger partial charge in [0.2, 0.25) is 0 Å². The van der Waals surface area contributed by atoms with Gasteiger partial charge >= 0.3 is 5.97 Å². The quantitative estimate of drug-likeness (QED) is 0.336. The Kier molecular flexibility index (Phi) is 1.34. The van der Waals surface area contributed by atoms with Crippen molar-refractivity contribution < 1.29 is 9.53 Å². The van der Waals surface area contributed by atoms with Crippen molar-refractivity contribution >= 4 is 21.9 Å². The minimum Gasteiger partial charge on any atom is -0.460 e. The van der Waals surface area contributed by atoms with Gasteiger partial charge in [0.05, 0.1) is 10.7 Å². The zero-order valence-corrected chi connectivity index (χ0v) is 6.87. The van der Waals surface area contributed by atoms with Crippen molar-refractivity contribution in [3.05, 3.63) is 12.2 Å². The van der Waals surface area contributed by atoms with Gasteiger partial charge in [0.25, 0.3) is 0 Å². The lowest BCUT2D eigenvalue weighted by Gasteiger charge is -2.14. The summed E-state index contributed by atoms with van der Waals surface area (Å²) in [4.78, 5) is 11.2. The van der Waals surface area contributed by atoms with Crippen LogP contribution in [0.3, 0.4) is 0 Å². The van der Waals surface area contributed by atoms with E-state index in [1.807, 2.05) is 12.2 Å². The highest BCUT2D eigenvalue weighted by Gasteiger charge is 2.42. The average molecular weight is 203 g/mol. The van der Waals surface area contributed by atoms with Crippen LogP contribution in [-0.4, -0.2) is 16.9 Å². The lowest BCUT2D eigenvalue weighted by atomic mass is 9.97. The molecule has 2 nitrogen and oxygen atoms in total. The zero-order valence-electron chi connectivity index (χ0n) is 5.29. The van der Waals surface area contributed by atoms with E-state index in [0.29, 0.717) is 0 Å². The van der Waals surface area contributed by atoms with Crippen LogP contribution in [0.15, 0.2) is 12.2 Å². The number of rotatable bonds is 0. The topological polar surface area (TPSA) is 26.3 Å². The molecule has 0 amide bonds. The highest BCUT2D eigenvalue weighted by atomic mass is 79.9. The molecule has 3 atom stereocenters. The van der Waals surface area contributed by atoms with E-state index in [0.717, 1.165) is 6.42 Å². The van der Waals surface area contributed by atoms with Crippen LogP contribution >= 0.6 is 15.9 Å². The van der Waals surface area contributed by atoms with Crippen LogP contribution in [0.25, 0.3) is 0 Å². The molecule has 1 saturated heterocycles. The maximum atomic E-state index is 11.0. The predicted molar refractivity (Wildman–Crippen MR) is 39.8 cm³/mol. The molecule has 2 aliphatic rings. The van der Waals surface area contributed by atoms with Crippen LogP contribution in [0.4, 0.5) is 0 Å². The summed E-state index contributed by atoms with van der Waals surface area (Å²) in [7, 11) is 0. The van der Waals surface area contributed by atoms with E-state index >= 15 is 0 Å². The lowest BCUT2D eigenvalue weighted by molar-refractivity contribution is -0.142. The van der Waals surface area contributed by atoms with Gasteiger partial charge in [-0.05, 0) is 0 Å². The second-order valence-corrected chi connectivity index (χ2v) is 3.67. The molecule has 2 rings (SSSR count). The molecule has 0 aromatic carbocycles. The average Bonchev–Trinajstić information content (AvgIpc) is 2.16. The molecular weight excluding hydrogens is 196 g/mol. The van der Waals surface area contributed by atoms with E-state index in [1.165, 1.54) is 0 Å². The number of fused-ring (bicyclic) bond motifs is 2. The summed E-state index contributed by atoms with van der Waals surface area (Å²) in [6.07, 6.45) is 4.88. The second-order valence-electron chi connectivity index (χ2n) is 2.61. The zero-order chi connectivity index (χ0) is 7.14. The fraction of sp³-hybridized carbons (Fsp3) is 0.571. The standard InChI is InChI=1S/C7H7BrO2/c8-6-4-2-1-3-5(6)10-7(4)9/h1-2,4-6H,3H2. The molecule has 10 heavy (non-hydrogen) atoms. The molecule has 1 aliphatic heterocycles. The molecule has 0 aromatic rings. The van der Waals surface area contributed by atoms with Crippen molar-refractivity contribution in [2.45, 2.75) is 17.4 Å². The van der Waals surface area contributed by atoms with Gasteiger partial charge in [0.15, 0.2) is 0 Å². The molecule has 54 valence electrons. The van der Waals surface area contributed by atoms with E-state index in [9.17, 15) is 4.79 Å². The molecule has 1 heterocycles. The second kappa shape index (κ2) is 2.09. The summed E-state index contributed by atoms with van der Waals surface area (Å²) < 4.78 is 5.05. The predicted octanol–water partition coefficient (Wildman–Crippen LogP) is 1.25. The van der Waals surface area contributed by atoms with Crippen LogP contribution in [0, 0.1) is 5.92 Å². The fourth-order valence-electron chi connectivity index (χ4n) is 1.38. The molecule has 0 N–H and O–H groups in total. The Morgan fingerprint density at radius 1 is 1.70 bits per heavy atom. The summed E-state index contributed by atoms with van der Waals surface area (Å²) in [6, 6.07) is 0. The molecule has 0 saturated carbocycles. The van der Waals surface area contributed by atoms with Crippen molar-refractivity contribution in [3.8, 4) is 0 Å². The van der Waals surface area contributed by atoms with Crippen LogP contribution in [0.5, 0.6) is 0 Å². The van der Waals surface area contributed by atoms with E-state index in [2.05, 4.69) is 15.9 Å². The van der Waals surface area contributed by atoms with Crippen LogP contribution < -0.4 is 0 Å². The van der Waals surface area contributed by atoms with Crippen LogP contribution in [0.1, 0.15) is 6.42 Å². The number of hydrogen-bond acceptors (Lipinski definition) is 2. The summed E-state index contributed by atoms with van der Waals surface area (Å²) >= 11 is 3.42. The first-order chi connectivity index (χ1) is 4.79. The Labute approximate surface area is 67.4 Å². The van der Waals surface area contributed by atoms with Crippen molar-refractivity contribution in [2.24, 2.45) is 5.92 Å². The third-order valence-corrected chi connectivity index (χ3v) is 3.11. The van der Waals surface area contributed by atoms with Gasteiger partial charge in [-0.2, -0.15) is 0 Å². The van der Waals surface area contributed by atoms with Gasteiger partial charge in [-0.25, -0.2) is 0 Å². The minimum atomic E-state index is -0.0828. The molecule has 0 aromatic heterocycles. The maximum absolute atomic E-state index is 11.0.